The molecule has 0 radical (unpaired) electrons. The van der Waals surface area contributed by atoms with Gasteiger partial charge in [-0.05, 0) is 30.3 Å². The highest BCUT2D eigenvalue weighted by Gasteiger charge is 2.07. The molecule has 6 heteroatoms. The molecule has 1 aromatic heterocycles. The van der Waals surface area contributed by atoms with Crippen LogP contribution in [-0.2, 0) is 0 Å². The lowest BCUT2D eigenvalue weighted by molar-refractivity contribution is 0.629. The molecule has 0 bridgehead atoms. The van der Waals surface area contributed by atoms with E-state index >= 15 is 0 Å². The van der Waals surface area contributed by atoms with Crippen LogP contribution in [0.1, 0.15) is 0 Å². The highest BCUT2D eigenvalue weighted by atomic mass is 79.9. The Kier molecular flexibility index (Phi) is 3.43. The zero-order valence-corrected chi connectivity index (χ0v) is 12.6. The number of thiazole rings is 1. The minimum atomic E-state index is -0.287. The molecule has 3 rings (SSSR count). The quantitative estimate of drug-likeness (QED) is 0.646. The summed E-state index contributed by atoms with van der Waals surface area (Å²) >= 11 is 10.9. The van der Waals surface area contributed by atoms with E-state index in [9.17, 15) is 4.39 Å². The van der Waals surface area contributed by atoms with E-state index in [1.54, 1.807) is 12.1 Å². The fraction of sp³-hybridized carbons (Fsp3) is 0. The van der Waals surface area contributed by atoms with Crippen LogP contribution in [-0.4, -0.2) is 4.98 Å². The van der Waals surface area contributed by atoms with Gasteiger partial charge in [0, 0.05) is 10.5 Å². The van der Waals surface area contributed by atoms with Crippen molar-refractivity contribution in [2.45, 2.75) is 0 Å². The average Bonchev–Trinajstić information content (AvgIpc) is 2.75. The number of fused-ring (bicyclic) bond motifs is 1. The topological polar surface area (TPSA) is 24.9 Å². The van der Waals surface area contributed by atoms with Crippen molar-refractivity contribution < 1.29 is 4.39 Å². The summed E-state index contributed by atoms with van der Waals surface area (Å²) in [6.45, 7) is 0. The number of aromatic nitrogens is 1. The second kappa shape index (κ2) is 5.07. The maximum absolute atomic E-state index is 13.1. The summed E-state index contributed by atoms with van der Waals surface area (Å²) in [5.41, 5.74) is 1.40. The first-order chi connectivity index (χ1) is 9.11. The summed E-state index contributed by atoms with van der Waals surface area (Å²) in [7, 11) is 0. The van der Waals surface area contributed by atoms with Crippen LogP contribution in [0.5, 0.6) is 0 Å². The number of hydrogen-bond donors (Lipinski definition) is 1. The lowest BCUT2D eigenvalue weighted by atomic mass is 10.3. The van der Waals surface area contributed by atoms with Crippen LogP contribution in [0, 0.1) is 5.82 Å². The standard InChI is InChI=1S/C13H7BrClFN2S/c14-7-1-3-9(15)10(5-7)17-13-18-11-6-8(16)2-4-12(11)19-13/h1-6H,(H,17,18). The number of rotatable bonds is 2. The van der Waals surface area contributed by atoms with Crippen molar-refractivity contribution in [3.05, 3.63) is 51.7 Å². The van der Waals surface area contributed by atoms with Gasteiger partial charge in [0.2, 0.25) is 0 Å². The fourth-order valence-corrected chi connectivity index (χ4v) is 3.05. The predicted molar refractivity (Wildman–Crippen MR) is 82.0 cm³/mol. The lowest BCUT2D eigenvalue weighted by Crippen LogP contribution is -1.90. The Hall–Kier alpha value is -1.17. The van der Waals surface area contributed by atoms with Gasteiger partial charge in [-0.15, -0.1) is 0 Å². The van der Waals surface area contributed by atoms with Crippen molar-refractivity contribution in [3.63, 3.8) is 0 Å². The van der Waals surface area contributed by atoms with Crippen LogP contribution in [0.2, 0.25) is 5.02 Å². The van der Waals surface area contributed by atoms with Crippen molar-refractivity contribution in [2.24, 2.45) is 0 Å². The van der Waals surface area contributed by atoms with E-state index in [0.717, 1.165) is 14.9 Å². The van der Waals surface area contributed by atoms with Crippen molar-refractivity contribution in [1.29, 1.82) is 0 Å². The minimum absolute atomic E-state index is 0.287. The van der Waals surface area contributed by atoms with Gasteiger partial charge in [0.15, 0.2) is 5.13 Å². The van der Waals surface area contributed by atoms with Crippen molar-refractivity contribution >= 4 is 59.9 Å². The number of halogens is 3. The van der Waals surface area contributed by atoms with Crippen molar-refractivity contribution in [2.75, 3.05) is 5.32 Å². The Morgan fingerprint density at radius 3 is 2.89 bits per heavy atom. The van der Waals surface area contributed by atoms with E-state index in [2.05, 4.69) is 26.2 Å². The zero-order chi connectivity index (χ0) is 13.4. The Bertz CT molecular complexity index is 759. The third-order valence-electron chi connectivity index (χ3n) is 2.52. The smallest absolute Gasteiger partial charge is 0.188 e. The van der Waals surface area contributed by atoms with E-state index in [4.69, 9.17) is 11.6 Å². The largest absolute Gasteiger partial charge is 0.330 e. The van der Waals surface area contributed by atoms with Gasteiger partial charge in [-0.3, -0.25) is 0 Å². The molecule has 0 unspecified atom stereocenters. The van der Waals surface area contributed by atoms with Gasteiger partial charge >= 0.3 is 0 Å². The molecule has 96 valence electrons. The van der Waals surface area contributed by atoms with Crippen LogP contribution < -0.4 is 5.32 Å². The maximum atomic E-state index is 13.1. The van der Waals surface area contributed by atoms with Gasteiger partial charge in [-0.2, -0.15) is 0 Å². The van der Waals surface area contributed by atoms with E-state index in [1.807, 2.05) is 12.1 Å². The second-order valence-corrected chi connectivity index (χ2v) is 6.23. The number of nitrogens with zero attached hydrogens (tertiary/aromatic N) is 1. The molecule has 0 saturated heterocycles. The Balaban J connectivity index is 1.98. The minimum Gasteiger partial charge on any atom is -0.330 e. The van der Waals surface area contributed by atoms with E-state index in [-0.39, 0.29) is 5.82 Å². The molecule has 0 aliphatic carbocycles. The van der Waals surface area contributed by atoms with Crippen LogP contribution >= 0.6 is 38.9 Å². The number of hydrogen-bond acceptors (Lipinski definition) is 3. The van der Waals surface area contributed by atoms with Gasteiger partial charge in [-0.25, -0.2) is 9.37 Å². The fourth-order valence-electron chi connectivity index (χ4n) is 1.66. The SMILES string of the molecule is Fc1ccc2sc(Nc3cc(Br)ccc3Cl)nc2c1. The molecule has 2 nitrogen and oxygen atoms in total. The number of anilines is 2. The first kappa shape index (κ1) is 12.8. The molecule has 3 aromatic rings. The highest BCUT2D eigenvalue weighted by molar-refractivity contribution is 9.10. The van der Waals surface area contributed by atoms with Crippen LogP contribution in [0.15, 0.2) is 40.9 Å². The van der Waals surface area contributed by atoms with Crippen LogP contribution in [0.25, 0.3) is 10.2 Å². The monoisotopic (exact) mass is 356 g/mol. The molecule has 0 atom stereocenters. The third kappa shape index (κ3) is 2.73. The van der Waals surface area contributed by atoms with E-state index in [0.29, 0.717) is 15.7 Å². The Morgan fingerprint density at radius 2 is 2.05 bits per heavy atom. The van der Waals surface area contributed by atoms with Gasteiger partial charge in [0.25, 0.3) is 0 Å². The number of nitrogens with one attached hydrogen (secondary N) is 1. The van der Waals surface area contributed by atoms with Crippen molar-refractivity contribution in [3.8, 4) is 0 Å². The first-order valence-corrected chi connectivity index (χ1v) is 7.39. The molecule has 19 heavy (non-hydrogen) atoms. The average molecular weight is 358 g/mol. The predicted octanol–water partition coefficient (Wildman–Crippen LogP) is 5.59. The van der Waals surface area contributed by atoms with E-state index in [1.165, 1.54) is 23.5 Å². The molecule has 1 heterocycles. The molecule has 0 amide bonds. The maximum Gasteiger partial charge on any atom is 0.188 e. The Labute approximate surface area is 126 Å². The lowest BCUT2D eigenvalue weighted by Gasteiger charge is -2.05. The highest BCUT2D eigenvalue weighted by Crippen LogP contribution is 2.32. The second-order valence-electron chi connectivity index (χ2n) is 3.88. The zero-order valence-electron chi connectivity index (χ0n) is 9.45. The van der Waals surface area contributed by atoms with Gasteiger partial charge < -0.3 is 5.32 Å². The molecule has 0 aliphatic rings. The summed E-state index contributed by atoms with van der Waals surface area (Å²) in [5.74, 6) is -0.287. The molecule has 0 saturated carbocycles. The molecule has 0 aliphatic heterocycles. The van der Waals surface area contributed by atoms with Crippen LogP contribution in [0.3, 0.4) is 0 Å². The molecule has 0 fully saturated rings. The molecule has 2 aromatic carbocycles. The van der Waals surface area contributed by atoms with Crippen LogP contribution in [0.4, 0.5) is 15.2 Å². The van der Waals surface area contributed by atoms with Gasteiger partial charge in [0.1, 0.15) is 5.82 Å². The summed E-state index contributed by atoms with van der Waals surface area (Å²) in [4.78, 5) is 4.33. The summed E-state index contributed by atoms with van der Waals surface area (Å²) in [5, 5.41) is 4.43. The molecule has 0 spiro atoms. The summed E-state index contributed by atoms with van der Waals surface area (Å²) in [6.07, 6.45) is 0. The summed E-state index contributed by atoms with van der Waals surface area (Å²) in [6, 6.07) is 10.1. The molecule has 1 N–H and O–H groups in total. The Morgan fingerprint density at radius 1 is 1.21 bits per heavy atom. The molecular weight excluding hydrogens is 351 g/mol. The van der Waals surface area contributed by atoms with Crippen molar-refractivity contribution in [1.82, 2.24) is 4.98 Å². The summed E-state index contributed by atoms with van der Waals surface area (Å²) < 4.78 is 15.0. The van der Waals surface area contributed by atoms with Gasteiger partial charge in [-0.1, -0.05) is 38.9 Å². The van der Waals surface area contributed by atoms with E-state index < -0.39 is 0 Å². The normalized spacial score (nSPS) is 10.9. The van der Waals surface area contributed by atoms with Gasteiger partial charge in [0.05, 0.1) is 20.9 Å². The third-order valence-corrected chi connectivity index (χ3v) is 4.29. The first-order valence-electron chi connectivity index (χ1n) is 5.40. The molecular formula is C13H7BrClFN2S. The number of benzene rings is 2.